The molecule has 3 amide bonds. The maximum atomic E-state index is 12.6. The number of rotatable bonds is 4. The van der Waals surface area contributed by atoms with Crippen molar-refractivity contribution in [1.82, 2.24) is 10.3 Å². The summed E-state index contributed by atoms with van der Waals surface area (Å²) in [4.78, 5) is 43.6. The maximum absolute atomic E-state index is 12.6. The highest BCUT2D eigenvalue weighted by molar-refractivity contribution is 6.30. The molecule has 0 radical (unpaired) electrons. The Morgan fingerprint density at radius 3 is 2.81 bits per heavy atom. The summed E-state index contributed by atoms with van der Waals surface area (Å²) in [5.41, 5.74) is 1.39. The molecule has 2 fully saturated rings. The number of nitrogens with one attached hydrogen (secondary N) is 1. The van der Waals surface area contributed by atoms with Gasteiger partial charge in [0.1, 0.15) is 36.8 Å². The Morgan fingerprint density at radius 2 is 2.06 bits per heavy atom. The highest BCUT2D eigenvalue weighted by Gasteiger charge is 2.46. The molecule has 1 aromatic carbocycles. The van der Waals surface area contributed by atoms with Crippen LogP contribution < -0.4 is 19.9 Å². The summed E-state index contributed by atoms with van der Waals surface area (Å²) in [7, 11) is 0. The Kier molecular flexibility index (Phi) is 4.78. The second-order valence-electron chi connectivity index (χ2n) is 7.16. The van der Waals surface area contributed by atoms with Gasteiger partial charge >= 0.3 is 12.2 Å². The van der Waals surface area contributed by atoms with E-state index in [9.17, 15) is 14.4 Å². The maximum Gasteiger partial charge on any atom is 0.415 e. The first-order valence-corrected chi connectivity index (χ1v) is 10.00. The van der Waals surface area contributed by atoms with Gasteiger partial charge in [-0.15, -0.1) is 0 Å². The van der Waals surface area contributed by atoms with Crippen LogP contribution in [0.2, 0.25) is 5.02 Å². The minimum Gasteiger partial charge on any atom is -0.489 e. The minimum absolute atomic E-state index is 0.104. The second-order valence-corrected chi connectivity index (χ2v) is 7.60. The van der Waals surface area contributed by atoms with Gasteiger partial charge in [0, 0.05) is 12.3 Å². The number of anilines is 2. The van der Waals surface area contributed by atoms with Crippen molar-refractivity contribution in [3.63, 3.8) is 0 Å². The fraction of sp³-hybridized carbons (Fsp3) is 0.300. The van der Waals surface area contributed by atoms with Gasteiger partial charge in [0.25, 0.3) is 5.91 Å². The van der Waals surface area contributed by atoms with Crippen LogP contribution in [-0.4, -0.2) is 61.5 Å². The van der Waals surface area contributed by atoms with Gasteiger partial charge in [-0.05, 0) is 24.3 Å². The van der Waals surface area contributed by atoms with E-state index in [1.54, 1.807) is 24.3 Å². The molecule has 2 saturated heterocycles. The summed E-state index contributed by atoms with van der Waals surface area (Å²) in [5.74, 6) is 0.0749. The van der Waals surface area contributed by atoms with Gasteiger partial charge in [-0.1, -0.05) is 11.6 Å². The van der Waals surface area contributed by atoms with Crippen molar-refractivity contribution in [2.24, 2.45) is 0 Å². The van der Waals surface area contributed by atoms with Crippen LogP contribution in [0.15, 0.2) is 36.5 Å². The number of cyclic esters (lactones) is 2. The number of amides is 3. The molecule has 1 aromatic heterocycles. The molecule has 3 aliphatic heterocycles. The van der Waals surface area contributed by atoms with Gasteiger partial charge in [0.2, 0.25) is 0 Å². The lowest BCUT2D eigenvalue weighted by Crippen LogP contribution is -2.48. The van der Waals surface area contributed by atoms with Crippen LogP contribution in [0, 0.1) is 0 Å². The number of hydrogen-bond donors (Lipinski definition) is 1. The molecule has 2 atom stereocenters. The summed E-state index contributed by atoms with van der Waals surface area (Å²) in [6, 6.07) is 7.82. The van der Waals surface area contributed by atoms with Gasteiger partial charge in [0.15, 0.2) is 0 Å². The summed E-state index contributed by atoms with van der Waals surface area (Å²) in [6.45, 7) is 1.07. The van der Waals surface area contributed by atoms with E-state index in [0.717, 1.165) is 0 Å². The van der Waals surface area contributed by atoms with Gasteiger partial charge in [-0.3, -0.25) is 14.6 Å². The standard InChI is InChI=1S/C20H17ClN4O6/c21-11-1-3-13(22-8-11)18(26)23-9-17-15-10-30-16-7-12(24-5-6-29-19(24)27)2-4-14(16)25(15)20(28)31-17/h1-4,7-8,15,17H,5-6,9-10H2,(H,23,26)/t15-,17-/m0/s1. The predicted octanol–water partition coefficient (Wildman–Crippen LogP) is 2.21. The predicted molar refractivity (Wildman–Crippen MR) is 109 cm³/mol. The number of carbonyl (C=O) groups is 3. The van der Waals surface area contributed by atoms with Crippen LogP contribution in [0.4, 0.5) is 21.0 Å². The molecule has 160 valence electrons. The van der Waals surface area contributed by atoms with Gasteiger partial charge in [0.05, 0.1) is 29.5 Å². The summed E-state index contributed by atoms with van der Waals surface area (Å²) >= 11 is 5.79. The van der Waals surface area contributed by atoms with Crippen molar-refractivity contribution in [1.29, 1.82) is 0 Å². The second kappa shape index (κ2) is 7.62. The molecule has 11 heteroatoms. The van der Waals surface area contributed by atoms with Crippen molar-refractivity contribution in [2.45, 2.75) is 12.1 Å². The molecule has 0 saturated carbocycles. The lowest BCUT2D eigenvalue weighted by molar-refractivity contribution is 0.0882. The fourth-order valence-corrected chi connectivity index (χ4v) is 3.90. The summed E-state index contributed by atoms with van der Waals surface area (Å²) in [6.07, 6.45) is -0.146. The smallest absolute Gasteiger partial charge is 0.415 e. The number of fused-ring (bicyclic) bond motifs is 3. The molecule has 0 aliphatic carbocycles. The molecular formula is C20H17ClN4O6. The zero-order valence-electron chi connectivity index (χ0n) is 16.1. The number of ether oxygens (including phenoxy) is 3. The number of hydrogen-bond acceptors (Lipinski definition) is 7. The van der Waals surface area contributed by atoms with E-state index in [4.69, 9.17) is 25.8 Å². The number of nitrogens with zero attached hydrogens (tertiary/aromatic N) is 3. The molecule has 10 nitrogen and oxygen atoms in total. The normalized spacial score (nSPS) is 21.7. The highest BCUT2D eigenvalue weighted by Crippen LogP contribution is 2.41. The zero-order valence-corrected chi connectivity index (χ0v) is 16.9. The molecule has 0 bridgehead atoms. The van der Waals surface area contributed by atoms with E-state index < -0.39 is 30.2 Å². The molecule has 0 spiro atoms. The molecule has 31 heavy (non-hydrogen) atoms. The van der Waals surface area contributed by atoms with Gasteiger partial charge in [-0.2, -0.15) is 0 Å². The van der Waals surface area contributed by atoms with Crippen LogP contribution >= 0.6 is 11.6 Å². The van der Waals surface area contributed by atoms with E-state index in [2.05, 4.69) is 10.3 Å². The van der Waals surface area contributed by atoms with Crippen molar-refractivity contribution < 1.29 is 28.6 Å². The quantitative estimate of drug-likeness (QED) is 0.769. The van der Waals surface area contributed by atoms with E-state index in [-0.39, 0.29) is 18.8 Å². The third-order valence-electron chi connectivity index (χ3n) is 5.32. The Hall–Kier alpha value is -3.53. The van der Waals surface area contributed by atoms with Crippen LogP contribution in [0.3, 0.4) is 0 Å². The van der Waals surface area contributed by atoms with Crippen molar-refractivity contribution in [3.8, 4) is 5.75 Å². The molecule has 0 unspecified atom stereocenters. The SMILES string of the molecule is O=C(NC[C@@H]1OC(=O)N2c3ccc(N4CCOC4=O)cc3OC[C@@H]12)c1ccc(Cl)cn1. The van der Waals surface area contributed by atoms with Crippen LogP contribution in [0.5, 0.6) is 5.75 Å². The minimum atomic E-state index is -0.592. The first kappa shape index (κ1) is 19.4. The molecule has 3 aliphatic rings. The van der Waals surface area contributed by atoms with E-state index in [1.807, 2.05) is 0 Å². The molecule has 5 rings (SSSR count). The zero-order chi connectivity index (χ0) is 21.5. The number of pyridine rings is 1. The average Bonchev–Trinajstić information content (AvgIpc) is 3.35. The number of aromatic nitrogens is 1. The first-order valence-electron chi connectivity index (χ1n) is 9.62. The fourth-order valence-electron chi connectivity index (χ4n) is 3.79. The topological polar surface area (TPSA) is 110 Å². The van der Waals surface area contributed by atoms with Crippen molar-refractivity contribution in [3.05, 3.63) is 47.2 Å². The van der Waals surface area contributed by atoms with Gasteiger partial charge < -0.3 is 19.5 Å². The molecule has 1 N–H and O–H groups in total. The summed E-state index contributed by atoms with van der Waals surface area (Å²) < 4.78 is 16.3. The van der Waals surface area contributed by atoms with Gasteiger partial charge in [-0.25, -0.2) is 14.6 Å². The van der Waals surface area contributed by atoms with E-state index in [1.165, 1.54) is 22.1 Å². The van der Waals surface area contributed by atoms with Crippen LogP contribution in [0.1, 0.15) is 10.5 Å². The number of benzene rings is 1. The molecular weight excluding hydrogens is 428 g/mol. The van der Waals surface area contributed by atoms with Crippen LogP contribution in [-0.2, 0) is 9.47 Å². The summed E-state index contributed by atoms with van der Waals surface area (Å²) in [5, 5.41) is 3.16. The average molecular weight is 445 g/mol. The van der Waals surface area contributed by atoms with E-state index in [0.29, 0.717) is 35.3 Å². The number of carbonyl (C=O) groups excluding carboxylic acids is 3. The third kappa shape index (κ3) is 3.48. The Balaban J connectivity index is 1.29. The monoisotopic (exact) mass is 444 g/mol. The molecule has 4 heterocycles. The first-order chi connectivity index (χ1) is 15.0. The Morgan fingerprint density at radius 1 is 1.19 bits per heavy atom. The Bertz CT molecular complexity index is 1060. The number of halogens is 1. The highest BCUT2D eigenvalue weighted by atomic mass is 35.5. The van der Waals surface area contributed by atoms with Crippen molar-refractivity contribution in [2.75, 3.05) is 36.1 Å². The van der Waals surface area contributed by atoms with E-state index >= 15 is 0 Å². The molecule has 2 aromatic rings. The largest absolute Gasteiger partial charge is 0.489 e. The van der Waals surface area contributed by atoms with Crippen LogP contribution in [0.25, 0.3) is 0 Å². The lowest BCUT2D eigenvalue weighted by atomic mass is 10.1. The third-order valence-corrected chi connectivity index (χ3v) is 5.54. The van der Waals surface area contributed by atoms with Crippen molar-refractivity contribution >= 4 is 41.1 Å². The lowest BCUT2D eigenvalue weighted by Gasteiger charge is -2.31. The Labute approximate surface area is 181 Å².